The van der Waals surface area contributed by atoms with Crippen molar-refractivity contribution in [2.75, 3.05) is 14.2 Å². The van der Waals surface area contributed by atoms with E-state index in [0.29, 0.717) is 11.3 Å². The smallest absolute Gasteiger partial charge is 0.356 e. The van der Waals surface area contributed by atoms with Gasteiger partial charge in [-0.15, -0.1) is 0 Å². The van der Waals surface area contributed by atoms with Crippen LogP contribution in [0.15, 0.2) is 47.2 Å². The Balaban J connectivity index is 1.93. The summed E-state index contributed by atoms with van der Waals surface area (Å²) in [6.45, 7) is 1.96. The second-order valence-electron chi connectivity index (χ2n) is 6.63. The zero-order valence-corrected chi connectivity index (χ0v) is 17.0. The lowest BCUT2D eigenvalue weighted by atomic mass is 9.98. The molecule has 1 unspecified atom stereocenters. The number of rotatable bonds is 5. The zero-order chi connectivity index (χ0) is 20.5. The summed E-state index contributed by atoms with van der Waals surface area (Å²) in [6.07, 6.45) is -1.03. The molecule has 0 aliphatic carbocycles. The lowest BCUT2D eigenvalue weighted by molar-refractivity contribution is 0.0593. The Labute approximate surface area is 171 Å². The Morgan fingerprint density at radius 2 is 2.07 bits per heavy atom. The molecule has 2 N–H and O–H groups in total. The Morgan fingerprint density at radius 1 is 1.24 bits per heavy atom. The number of fused-ring (bicyclic) bond motifs is 1. The lowest BCUT2D eigenvalue weighted by Gasteiger charge is -2.13. The van der Waals surface area contributed by atoms with Gasteiger partial charge >= 0.3 is 5.97 Å². The molecular formula is C22H20N2O4S. The molecule has 7 heteroatoms. The number of benzene rings is 1. The van der Waals surface area contributed by atoms with Gasteiger partial charge in [0.15, 0.2) is 0 Å². The normalized spacial score (nSPS) is 12.1. The van der Waals surface area contributed by atoms with Crippen LogP contribution in [0, 0.1) is 6.92 Å². The van der Waals surface area contributed by atoms with Gasteiger partial charge in [-0.2, -0.15) is 11.3 Å². The minimum absolute atomic E-state index is 0.152. The minimum Gasteiger partial charge on any atom is -0.496 e. The van der Waals surface area contributed by atoms with Crippen molar-refractivity contribution in [3.05, 3.63) is 69.7 Å². The molecular weight excluding hydrogens is 388 g/mol. The first-order valence-electron chi connectivity index (χ1n) is 8.99. The standard InChI is InChI=1S/C22H20N2O4S/c1-12-9-14-17(10-18(12)27-2)24-20(13-7-8-29-11-13)19(14)21(25)15-5-4-6-16(23-15)22(26)28-3/h4-11,21,24-25H,1-3H3. The van der Waals surface area contributed by atoms with Crippen LogP contribution in [0.3, 0.4) is 0 Å². The molecule has 3 aromatic heterocycles. The number of esters is 1. The Bertz CT molecular complexity index is 1180. The molecule has 0 aliphatic heterocycles. The number of carbonyl (C=O) groups is 1. The average Bonchev–Trinajstić information content (AvgIpc) is 3.39. The minimum atomic E-state index is -1.03. The monoisotopic (exact) mass is 408 g/mol. The number of aromatic nitrogens is 2. The third-order valence-electron chi connectivity index (χ3n) is 4.88. The van der Waals surface area contributed by atoms with Gasteiger partial charge in [0.05, 0.1) is 25.6 Å². The van der Waals surface area contributed by atoms with Crippen molar-refractivity contribution in [3.8, 4) is 17.0 Å². The van der Waals surface area contributed by atoms with Gasteiger partial charge in [-0.25, -0.2) is 9.78 Å². The molecule has 6 nitrogen and oxygen atoms in total. The highest BCUT2D eigenvalue weighted by molar-refractivity contribution is 7.08. The van der Waals surface area contributed by atoms with Gasteiger partial charge in [0.1, 0.15) is 17.5 Å². The maximum Gasteiger partial charge on any atom is 0.356 e. The number of carbonyl (C=O) groups excluding carboxylic acids is 1. The Hall–Kier alpha value is -3.16. The molecule has 0 bridgehead atoms. The third kappa shape index (κ3) is 3.39. The zero-order valence-electron chi connectivity index (χ0n) is 16.2. The van der Waals surface area contributed by atoms with Gasteiger partial charge in [0.2, 0.25) is 0 Å². The fourth-order valence-corrected chi connectivity index (χ4v) is 4.11. The topological polar surface area (TPSA) is 84.4 Å². The van der Waals surface area contributed by atoms with Crippen molar-refractivity contribution < 1.29 is 19.4 Å². The number of methoxy groups -OCH3 is 2. The maximum atomic E-state index is 11.9. The molecule has 4 rings (SSSR count). The third-order valence-corrected chi connectivity index (χ3v) is 5.57. The van der Waals surface area contributed by atoms with Crippen LogP contribution in [0.2, 0.25) is 0 Å². The molecule has 0 spiro atoms. The number of aromatic amines is 1. The molecule has 0 aliphatic rings. The summed E-state index contributed by atoms with van der Waals surface area (Å²) in [4.78, 5) is 19.6. The van der Waals surface area contributed by atoms with E-state index in [1.54, 1.807) is 36.6 Å². The van der Waals surface area contributed by atoms with Gasteiger partial charge in [-0.1, -0.05) is 6.07 Å². The van der Waals surface area contributed by atoms with Crippen LogP contribution < -0.4 is 4.74 Å². The molecule has 1 atom stereocenters. The van der Waals surface area contributed by atoms with Crippen LogP contribution in [-0.4, -0.2) is 35.3 Å². The van der Waals surface area contributed by atoms with Gasteiger partial charge in [-0.05, 0) is 42.1 Å². The van der Waals surface area contributed by atoms with E-state index in [4.69, 9.17) is 9.47 Å². The molecule has 148 valence electrons. The Morgan fingerprint density at radius 3 is 2.76 bits per heavy atom. The van der Waals surface area contributed by atoms with Crippen LogP contribution in [-0.2, 0) is 4.74 Å². The molecule has 29 heavy (non-hydrogen) atoms. The van der Waals surface area contributed by atoms with E-state index in [0.717, 1.165) is 33.5 Å². The number of aryl methyl sites for hydroxylation is 1. The van der Waals surface area contributed by atoms with Gasteiger partial charge in [0.25, 0.3) is 0 Å². The SMILES string of the molecule is COC(=O)c1cccc(C(O)c2c(-c3ccsc3)[nH]c3cc(OC)c(C)cc23)n1. The average molecular weight is 408 g/mol. The first-order chi connectivity index (χ1) is 14.0. The summed E-state index contributed by atoms with van der Waals surface area (Å²) in [5.41, 5.74) is 4.83. The summed E-state index contributed by atoms with van der Waals surface area (Å²) in [6, 6.07) is 10.9. The number of hydrogen-bond acceptors (Lipinski definition) is 6. The van der Waals surface area contributed by atoms with E-state index in [1.165, 1.54) is 7.11 Å². The summed E-state index contributed by atoms with van der Waals surface area (Å²) < 4.78 is 10.2. The lowest BCUT2D eigenvalue weighted by Crippen LogP contribution is -2.09. The predicted octanol–water partition coefficient (Wildman–Crippen LogP) is 4.48. The molecule has 3 heterocycles. The van der Waals surface area contributed by atoms with Crippen LogP contribution in [0.4, 0.5) is 0 Å². The number of aliphatic hydroxyl groups is 1. The largest absolute Gasteiger partial charge is 0.496 e. The van der Waals surface area contributed by atoms with E-state index in [-0.39, 0.29) is 5.69 Å². The molecule has 0 fully saturated rings. The van der Waals surface area contributed by atoms with E-state index in [2.05, 4.69) is 9.97 Å². The highest BCUT2D eigenvalue weighted by Gasteiger charge is 2.24. The summed E-state index contributed by atoms with van der Waals surface area (Å²) >= 11 is 1.58. The number of aliphatic hydroxyl groups excluding tert-OH is 1. The number of hydrogen-bond donors (Lipinski definition) is 2. The van der Waals surface area contributed by atoms with Crippen LogP contribution in [0.1, 0.15) is 33.4 Å². The fourth-order valence-electron chi connectivity index (χ4n) is 3.46. The molecule has 0 saturated heterocycles. The molecule has 0 radical (unpaired) electrons. The number of nitrogens with one attached hydrogen (secondary N) is 1. The van der Waals surface area contributed by atoms with E-state index in [9.17, 15) is 9.90 Å². The van der Waals surface area contributed by atoms with Crippen molar-refractivity contribution in [1.29, 1.82) is 0 Å². The molecule has 1 aromatic carbocycles. The van der Waals surface area contributed by atoms with Crippen molar-refractivity contribution in [2.45, 2.75) is 13.0 Å². The quantitative estimate of drug-likeness (QED) is 0.476. The van der Waals surface area contributed by atoms with Crippen molar-refractivity contribution in [3.63, 3.8) is 0 Å². The molecule has 4 aromatic rings. The first kappa shape index (κ1) is 19.2. The molecule has 0 saturated carbocycles. The highest BCUT2D eigenvalue weighted by atomic mass is 32.1. The molecule has 0 amide bonds. The highest BCUT2D eigenvalue weighted by Crippen LogP contribution is 2.39. The van der Waals surface area contributed by atoms with Gasteiger partial charge < -0.3 is 19.6 Å². The summed E-state index contributed by atoms with van der Waals surface area (Å²) in [5, 5.41) is 16.2. The Kier molecular flexibility index (Phi) is 5.08. The van der Waals surface area contributed by atoms with Crippen molar-refractivity contribution in [1.82, 2.24) is 9.97 Å². The number of pyridine rings is 1. The van der Waals surface area contributed by atoms with E-state index < -0.39 is 12.1 Å². The number of ether oxygens (including phenoxy) is 2. The number of thiophene rings is 1. The van der Waals surface area contributed by atoms with Crippen molar-refractivity contribution in [2.24, 2.45) is 0 Å². The second kappa shape index (κ2) is 7.69. The van der Waals surface area contributed by atoms with Crippen LogP contribution in [0.5, 0.6) is 5.75 Å². The van der Waals surface area contributed by atoms with Crippen LogP contribution in [0.25, 0.3) is 22.2 Å². The van der Waals surface area contributed by atoms with E-state index in [1.807, 2.05) is 35.9 Å². The van der Waals surface area contributed by atoms with Crippen molar-refractivity contribution >= 4 is 28.2 Å². The number of nitrogens with zero attached hydrogens (tertiary/aromatic N) is 1. The maximum absolute atomic E-state index is 11.9. The summed E-state index contributed by atoms with van der Waals surface area (Å²) in [7, 11) is 2.94. The number of H-pyrrole nitrogens is 1. The first-order valence-corrected chi connectivity index (χ1v) is 9.94. The predicted molar refractivity (Wildman–Crippen MR) is 113 cm³/mol. The van der Waals surface area contributed by atoms with Gasteiger partial charge in [0, 0.05) is 33.5 Å². The van der Waals surface area contributed by atoms with Crippen LogP contribution >= 0.6 is 11.3 Å². The summed E-state index contributed by atoms with van der Waals surface area (Å²) in [5.74, 6) is 0.221. The van der Waals surface area contributed by atoms with Gasteiger partial charge in [-0.3, -0.25) is 0 Å². The fraction of sp³-hybridized carbons (Fsp3) is 0.182. The van der Waals surface area contributed by atoms with E-state index >= 15 is 0 Å². The second-order valence-corrected chi connectivity index (χ2v) is 7.41.